The van der Waals surface area contributed by atoms with Crippen LogP contribution in [0.2, 0.25) is 0 Å². The fourth-order valence-electron chi connectivity index (χ4n) is 1.93. The van der Waals surface area contributed by atoms with Gasteiger partial charge in [0.1, 0.15) is 6.54 Å². The normalized spacial score (nSPS) is 23.2. The van der Waals surface area contributed by atoms with E-state index in [1.165, 1.54) is 11.0 Å². The second-order valence-corrected chi connectivity index (χ2v) is 4.42. The molecular weight excluding hydrogens is 236 g/mol. The first-order valence-corrected chi connectivity index (χ1v) is 6.02. The van der Waals surface area contributed by atoms with Crippen molar-refractivity contribution in [2.45, 2.75) is 31.9 Å². The van der Waals surface area contributed by atoms with E-state index in [1.807, 2.05) is 6.92 Å². The zero-order chi connectivity index (χ0) is 13.5. The van der Waals surface area contributed by atoms with Crippen molar-refractivity contribution < 1.29 is 19.4 Å². The fraction of sp³-hybridized carbons (Fsp3) is 0.667. The number of rotatable bonds is 5. The maximum atomic E-state index is 11.9. The van der Waals surface area contributed by atoms with Gasteiger partial charge in [-0.05, 0) is 19.8 Å². The predicted octanol–water partition coefficient (Wildman–Crippen LogP) is 0.836. The summed E-state index contributed by atoms with van der Waals surface area (Å²) >= 11 is 0. The molecule has 0 radical (unpaired) electrons. The molecule has 2 amide bonds. The number of aliphatic carboxylic acids is 1. The van der Waals surface area contributed by atoms with E-state index in [-0.39, 0.29) is 31.3 Å². The van der Waals surface area contributed by atoms with Crippen LogP contribution < -0.4 is 5.32 Å². The van der Waals surface area contributed by atoms with Gasteiger partial charge in [-0.2, -0.15) is 0 Å². The minimum atomic E-state index is -1.03. The lowest BCUT2D eigenvalue weighted by molar-refractivity contribution is -0.137. The first-order valence-electron chi connectivity index (χ1n) is 6.02. The Hall–Kier alpha value is -1.56. The third-order valence-electron chi connectivity index (χ3n) is 2.78. The minimum Gasteiger partial charge on any atom is -0.480 e. The maximum Gasteiger partial charge on any atom is 0.323 e. The predicted molar refractivity (Wildman–Crippen MR) is 66.4 cm³/mol. The topological polar surface area (TPSA) is 78.9 Å². The van der Waals surface area contributed by atoms with Crippen molar-refractivity contribution in [3.05, 3.63) is 12.7 Å². The minimum absolute atomic E-state index is 0.0439. The Labute approximate surface area is 107 Å². The summed E-state index contributed by atoms with van der Waals surface area (Å²) in [6.07, 6.45) is 3.14. The molecule has 1 aliphatic heterocycles. The summed E-state index contributed by atoms with van der Waals surface area (Å²) in [6.45, 7) is 5.98. The van der Waals surface area contributed by atoms with Crippen molar-refractivity contribution in [2.75, 3.05) is 19.7 Å². The van der Waals surface area contributed by atoms with Gasteiger partial charge in [0.25, 0.3) is 0 Å². The second kappa shape index (κ2) is 7.00. The first kappa shape index (κ1) is 14.5. The Balaban J connectivity index is 2.49. The van der Waals surface area contributed by atoms with E-state index in [2.05, 4.69) is 11.9 Å². The van der Waals surface area contributed by atoms with Crippen molar-refractivity contribution in [3.63, 3.8) is 0 Å². The molecule has 1 aliphatic rings. The lowest BCUT2D eigenvalue weighted by Crippen LogP contribution is -2.49. The van der Waals surface area contributed by atoms with Crippen molar-refractivity contribution in [2.24, 2.45) is 0 Å². The number of carbonyl (C=O) groups is 2. The standard InChI is InChI=1S/C12H20N2O4/c1-3-5-14(8-11(15)16)12(17)13-10-4-6-18-9(2)7-10/h3,9-10H,1,4-8H2,2H3,(H,13,17)(H,15,16). The number of carbonyl (C=O) groups excluding carboxylic acids is 1. The third kappa shape index (κ3) is 4.75. The highest BCUT2D eigenvalue weighted by molar-refractivity contribution is 5.80. The number of carboxylic acid groups (broad SMARTS) is 1. The Morgan fingerprint density at radius 1 is 1.61 bits per heavy atom. The summed E-state index contributed by atoms with van der Waals surface area (Å²) in [7, 11) is 0. The lowest BCUT2D eigenvalue weighted by Gasteiger charge is -2.30. The highest BCUT2D eigenvalue weighted by Gasteiger charge is 2.23. The molecule has 2 atom stereocenters. The molecule has 0 saturated carbocycles. The molecule has 0 aromatic rings. The van der Waals surface area contributed by atoms with Crippen molar-refractivity contribution in [1.82, 2.24) is 10.2 Å². The van der Waals surface area contributed by atoms with Gasteiger partial charge in [-0.1, -0.05) is 6.08 Å². The number of nitrogens with one attached hydrogen (secondary N) is 1. The van der Waals surface area contributed by atoms with Crippen LogP contribution in [0.3, 0.4) is 0 Å². The summed E-state index contributed by atoms with van der Waals surface area (Å²) in [6, 6.07) is -0.321. The van der Waals surface area contributed by atoms with E-state index in [0.717, 1.165) is 12.8 Å². The summed E-state index contributed by atoms with van der Waals surface area (Å²) in [5.74, 6) is -1.03. The van der Waals surface area contributed by atoms with Crippen LogP contribution in [-0.2, 0) is 9.53 Å². The molecule has 1 saturated heterocycles. The molecule has 0 aromatic carbocycles. The molecular formula is C12H20N2O4. The number of nitrogens with zero attached hydrogens (tertiary/aromatic N) is 1. The van der Waals surface area contributed by atoms with Gasteiger partial charge in [0.2, 0.25) is 0 Å². The van der Waals surface area contributed by atoms with Gasteiger partial charge in [-0.3, -0.25) is 4.79 Å². The van der Waals surface area contributed by atoms with Gasteiger partial charge in [0.15, 0.2) is 0 Å². The molecule has 1 rings (SSSR count). The first-order chi connectivity index (χ1) is 8.52. The number of urea groups is 1. The summed E-state index contributed by atoms with van der Waals surface area (Å²) in [5.41, 5.74) is 0. The monoisotopic (exact) mass is 256 g/mol. The van der Waals surface area contributed by atoms with Crippen LogP contribution >= 0.6 is 0 Å². The molecule has 0 aromatic heterocycles. The third-order valence-corrected chi connectivity index (χ3v) is 2.78. The number of ether oxygens (including phenoxy) is 1. The zero-order valence-electron chi connectivity index (χ0n) is 10.6. The van der Waals surface area contributed by atoms with E-state index in [0.29, 0.717) is 6.61 Å². The van der Waals surface area contributed by atoms with Crippen LogP contribution in [0.5, 0.6) is 0 Å². The molecule has 1 fully saturated rings. The Kier molecular flexibility index (Phi) is 5.64. The van der Waals surface area contributed by atoms with Crippen LogP contribution in [0.15, 0.2) is 12.7 Å². The molecule has 0 bridgehead atoms. The Morgan fingerprint density at radius 2 is 2.33 bits per heavy atom. The number of carboxylic acids is 1. The van der Waals surface area contributed by atoms with Crippen LogP contribution in [0.25, 0.3) is 0 Å². The van der Waals surface area contributed by atoms with Gasteiger partial charge in [0, 0.05) is 19.2 Å². The molecule has 6 nitrogen and oxygen atoms in total. The fourth-order valence-corrected chi connectivity index (χ4v) is 1.93. The highest BCUT2D eigenvalue weighted by Crippen LogP contribution is 2.13. The largest absolute Gasteiger partial charge is 0.480 e. The number of amides is 2. The van der Waals surface area contributed by atoms with Crippen molar-refractivity contribution >= 4 is 12.0 Å². The van der Waals surface area contributed by atoms with Crippen molar-refractivity contribution in [3.8, 4) is 0 Å². The average molecular weight is 256 g/mol. The van der Waals surface area contributed by atoms with Gasteiger partial charge in [-0.15, -0.1) is 6.58 Å². The molecule has 2 unspecified atom stereocenters. The van der Waals surface area contributed by atoms with E-state index >= 15 is 0 Å². The molecule has 6 heteroatoms. The van der Waals surface area contributed by atoms with E-state index in [4.69, 9.17) is 9.84 Å². The van der Waals surface area contributed by atoms with Gasteiger partial charge < -0.3 is 20.1 Å². The molecule has 0 spiro atoms. The zero-order valence-corrected chi connectivity index (χ0v) is 10.6. The Bertz CT molecular complexity index is 319. The van der Waals surface area contributed by atoms with E-state index in [9.17, 15) is 9.59 Å². The molecule has 102 valence electrons. The summed E-state index contributed by atoms with van der Waals surface area (Å²) in [5, 5.41) is 11.6. The van der Waals surface area contributed by atoms with Crippen LogP contribution in [0.4, 0.5) is 4.79 Å². The van der Waals surface area contributed by atoms with Crippen LogP contribution in [0, 0.1) is 0 Å². The summed E-state index contributed by atoms with van der Waals surface area (Å²) in [4.78, 5) is 23.8. The van der Waals surface area contributed by atoms with Gasteiger partial charge in [-0.25, -0.2) is 4.79 Å². The van der Waals surface area contributed by atoms with Gasteiger partial charge >= 0.3 is 12.0 Å². The van der Waals surface area contributed by atoms with Crippen molar-refractivity contribution in [1.29, 1.82) is 0 Å². The molecule has 1 heterocycles. The number of hydrogen-bond acceptors (Lipinski definition) is 3. The highest BCUT2D eigenvalue weighted by atomic mass is 16.5. The Morgan fingerprint density at radius 3 is 2.89 bits per heavy atom. The van der Waals surface area contributed by atoms with Gasteiger partial charge in [0.05, 0.1) is 6.10 Å². The molecule has 18 heavy (non-hydrogen) atoms. The quantitative estimate of drug-likeness (QED) is 0.714. The lowest BCUT2D eigenvalue weighted by atomic mass is 10.0. The van der Waals surface area contributed by atoms with E-state index < -0.39 is 5.97 Å². The average Bonchev–Trinajstić information content (AvgIpc) is 2.27. The van der Waals surface area contributed by atoms with Crippen LogP contribution in [-0.4, -0.2) is 53.8 Å². The molecule has 0 aliphatic carbocycles. The SMILES string of the molecule is C=CCN(CC(=O)O)C(=O)NC1CCOC(C)C1. The second-order valence-electron chi connectivity index (χ2n) is 4.42. The van der Waals surface area contributed by atoms with E-state index in [1.54, 1.807) is 0 Å². The number of hydrogen-bond donors (Lipinski definition) is 2. The smallest absolute Gasteiger partial charge is 0.323 e. The summed E-state index contributed by atoms with van der Waals surface area (Å²) < 4.78 is 5.39. The van der Waals surface area contributed by atoms with Crippen LogP contribution in [0.1, 0.15) is 19.8 Å². The molecule has 2 N–H and O–H groups in total. The maximum absolute atomic E-state index is 11.9.